The number of carboxylic acid groups (broad SMARTS) is 1. The molecule has 0 bridgehead atoms. The molecule has 1 aliphatic rings. The maximum absolute atomic E-state index is 12.4. The summed E-state index contributed by atoms with van der Waals surface area (Å²) < 4.78 is 38.6. The van der Waals surface area contributed by atoms with Crippen molar-refractivity contribution in [3.8, 4) is 11.5 Å². The topological polar surface area (TPSA) is 102 Å². The van der Waals surface area contributed by atoms with Crippen LogP contribution in [0.15, 0.2) is 47.4 Å². The first-order chi connectivity index (χ1) is 11.8. The van der Waals surface area contributed by atoms with E-state index in [1.54, 1.807) is 25.1 Å². The number of hydrogen-bond donors (Lipinski definition) is 2. The number of fused-ring (bicyclic) bond motifs is 1. The molecule has 132 valence electrons. The molecule has 25 heavy (non-hydrogen) atoms. The van der Waals surface area contributed by atoms with Crippen LogP contribution in [0.5, 0.6) is 11.5 Å². The van der Waals surface area contributed by atoms with Gasteiger partial charge in [0, 0.05) is 0 Å². The fourth-order valence-corrected chi connectivity index (χ4v) is 3.67. The molecule has 1 unspecified atom stereocenters. The normalized spacial score (nSPS) is 16.4. The number of ether oxygens (including phenoxy) is 2. The first-order valence-electron chi connectivity index (χ1n) is 7.58. The lowest BCUT2D eigenvalue weighted by atomic mass is 10.1. The molecule has 2 aromatic rings. The summed E-state index contributed by atoms with van der Waals surface area (Å²) >= 11 is 0. The van der Waals surface area contributed by atoms with Crippen molar-refractivity contribution >= 4 is 16.0 Å². The first kappa shape index (κ1) is 17.2. The number of benzene rings is 2. The molecule has 2 aromatic carbocycles. The number of aryl methyl sites for hydroxylation is 1. The lowest BCUT2D eigenvalue weighted by Crippen LogP contribution is -2.40. The van der Waals surface area contributed by atoms with E-state index in [0.717, 1.165) is 6.07 Å². The molecule has 1 atom stereocenters. The van der Waals surface area contributed by atoms with Crippen LogP contribution in [0.1, 0.15) is 15.9 Å². The van der Waals surface area contributed by atoms with Crippen molar-refractivity contribution in [3.05, 3.63) is 53.6 Å². The number of carboxylic acids is 1. The minimum Gasteiger partial charge on any atom is -0.486 e. The van der Waals surface area contributed by atoms with E-state index in [2.05, 4.69) is 4.72 Å². The van der Waals surface area contributed by atoms with E-state index < -0.39 is 22.1 Å². The number of hydrogen-bond acceptors (Lipinski definition) is 5. The Hall–Kier alpha value is -2.58. The van der Waals surface area contributed by atoms with Crippen LogP contribution < -0.4 is 14.2 Å². The van der Waals surface area contributed by atoms with Gasteiger partial charge >= 0.3 is 5.97 Å². The molecule has 8 heteroatoms. The van der Waals surface area contributed by atoms with Gasteiger partial charge < -0.3 is 14.6 Å². The van der Waals surface area contributed by atoms with Gasteiger partial charge in [-0.1, -0.05) is 12.1 Å². The quantitative estimate of drug-likeness (QED) is 0.840. The predicted molar refractivity (Wildman–Crippen MR) is 89.7 cm³/mol. The fourth-order valence-electron chi connectivity index (χ4n) is 2.48. The second kappa shape index (κ2) is 6.73. The monoisotopic (exact) mass is 363 g/mol. The van der Waals surface area contributed by atoms with Crippen molar-refractivity contribution in [2.24, 2.45) is 0 Å². The van der Waals surface area contributed by atoms with Crippen molar-refractivity contribution in [2.45, 2.75) is 17.9 Å². The summed E-state index contributed by atoms with van der Waals surface area (Å²) in [6.45, 7) is 1.86. The molecule has 0 aromatic heterocycles. The van der Waals surface area contributed by atoms with E-state index >= 15 is 0 Å². The fraction of sp³-hybridized carbons (Fsp3) is 0.235. The third kappa shape index (κ3) is 3.92. The minimum absolute atomic E-state index is 0.00696. The van der Waals surface area contributed by atoms with Crippen LogP contribution in [0.4, 0.5) is 0 Å². The Morgan fingerprint density at radius 2 is 1.96 bits per heavy atom. The second-order valence-corrected chi connectivity index (χ2v) is 7.46. The molecule has 0 fully saturated rings. The Bertz CT molecular complexity index is 909. The van der Waals surface area contributed by atoms with Gasteiger partial charge in [0.05, 0.1) is 17.0 Å². The summed E-state index contributed by atoms with van der Waals surface area (Å²) in [5.74, 6) is -0.00571. The summed E-state index contributed by atoms with van der Waals surface area (Å²) in [6, 6.07) is 11.1. The minimum atomic E-state index is -3.86. The summed E-state index contributed by atoms with van der Waals surface area (Å²) in [5, 5.41) is 9.07. The average molecular weight is 363 g/mol. The molecule has 1 heterocycles. The Morgan fingerprint density at radius 3 is 2.68 bits per heavy atom. The highest BCUT2D eigenvalue weighted by atomic mass is 32.2. The van der Waals surface area contributed by atoms with Crippen molar-refractivity contribution < 1.29 is 27.8 Å². The third-order valence-corrected chi connectivity index (χ3v) is 5.08. The second-order valence-electron chi connectivity index (χ2n) is 5.69. The first-order valence-corrected chi connectivity index (χ1v) is 9.06. The number of nitrogens with one attached hydrogen (secondary N) is 1. The lowest BCUT2D eigenvalue weighted by molar-refractivity contribution is 0.0696. The third-order valence-electron chi connectivity index (χ3n) is 3.68. The predicted octanol–water partition coefficient (Wildman–Crippen LogP) is 1.81. The van der Waals surface area contributed by atoms with E-state index in [0.29, 0.717) is 17.1 Å². The Kier molecular flexibility index (Phi) is 4.65. The summed E-state index contributed by atoms with van der Waals surface area (Å²) in [7, 11) is -3.86. The Balaban J connectivity index is 1.72. The zero-order valence-corrected chi connectivity index (χ0v) is 14.2. The maximum atomic E-state index is 12.4. The largest absolute Gasteiger partial charge is 0.486 e. The van der Waals surface area contributed by atoms with Crippen LogP contribution >= 0.6 is 0 Å². The molecule has 0 aliphatic carbocycles. The highest BCUT2D eigenvalue weighted by molar-refractivity contribution is 7.89. The van der Waals surface area contributed by atoms with Crippen LogP contribution in [0.2, 0.25) is 0 Å². The van der Waals surface area contributed by atoms with Gasteiger partial charge in [0.25, 0.3) is 0 Å². The van der Waals surface area contributed by atoms with Crippen LogP contribution in [-0.2, 0) is 10.0 Å². The Labute approximate surface area is 145 Å². The summed E-state index contributed by atoms with van der Waals surface area (Å²) in [5.41, 5.74) is 0.470. The zero-order valence-electron chi connectivity index (χ0n) is 13.4. The molecular formula is C17H17NO6S. The molecular weight excluding hydrogens is 346 g/mol. The highest BCUT2D eigenvalue weighted by Gasteiger charge is 2.24. The van der Waals surface area contributed by atoms with E-state index in [4.69, 9.17) is 14.6 Å². The standard InChI is InChI=1S/C17H17NO6S/c1-11-6-12(17(19)20)8-14(7-11)25(21,22)18-9-13-10-23-15-4-2-3-5-16(15)24-13/h2-8,13,18H,9-10H2,1H3,(H,19,20). The van der Waals surface area contributed by atoms with Crippen molar-refractivity contribution in [1.82, 2.24) is 4.72 Å². The molecule has 0 radical (unpaired) electrons. The van der Waals surface area contributed by atoms with Gasteiger partial charge in [-0.25, -0.2) is 17.9 Å². The zero-order chi connectivity index (χ0) is 18.0. The van der Waals surface area contributed by atoms with Crippen LogP contribution in [0.25, 0.3) is 0 Å². The van der Waals surface area contributed by atoms with E-state index in [9.17, 15) is 13.2 Å². The van der Waals surface area contributed by atoms with Gasteiger partial charge in [0.1, 0.15) is 12.7 Å². The van der Waals surface area contributed by atoms with E-state index in [-0.39, 0.29) is 23.6 Å². The van der Waals surface area contributed by atoms with Crippen LogP contribution in [0, 0.1) is 6.92 Å². The van der Waals surface area contributed by atoms with Crippen molar-refractivity contribution in [2.75, 3.05) is 13.2 Å². The molecule has 1 aliphatic heterocycles. The summed E-state index contributed by atoms with van der Waals surface area (Å²) in [4.78, 5) is 11.0. The maximum Gasteiger partial charge on any atom is 0.335 e. The van der Waals surface area contributed by atoms with Crippen LogP contribution in [0.3, 0.4) is 0 Å². The van der Waals surface area contributed by atoms with Gasteiger partial charge in [0.15, 0.2) is 11.5 Å². The molecule has 0 saturated carbocycles. The lowest BCUT2D eigenvalue weighted by Gasteiger charge is -2.26. The molecule has 2 N–H and O–H groups in total. The molecule has 3 rings (SSSR count). The molecule has 7 nitrogen and oxygen atoms in total. The van der Waals surface area contributed by atoms with Crippen LogP contribution in [-0.4, -0.2) is 38.7 Å². The highest BCUT2D eigenvalue weighted by Crippen LogP contribution is 2.30. The molecule has 0 spiro atoms. The van der Waals surface area contributed by atoms with Gasteiger partial charge in [-0.2, -0.15) is 0 Å². The van der Waals surface area contributed by atoms with E-state index in [1.807, 2.05) is 6.07 Å². The summed E-state index contributed by atoms with van der Waals surface area (Å²) in [6.07, 6.45) is -0.478. The van der Waals surface area contributed by atoms with E-state index in [1.165, 1.54) is 12.1 Å². The van der Waals surface area contributed by atoms with Crippen molar-refractivity contribution in [1.29, 1.82) is 0 Å². The van der Waals surface area contributed by atoms with Gasteiger partial charge in [-0.3, -0.25) is 0 Å². The SMILES string of the molecule is Cc1cc(C(=O)O)cc(S(=O)(=O)NCC2COc3ccccc3O2)c1. The number of aromatic carboxylic acids is 1. The van der Waals surface area contributed by atoms with Crippen molar-refractivity contribution in [3.63, 3.8) is 0 Å². The van der Waals surface area contributed by atoms with Gasteiger partial charge in [-0.05, 0) is 42.8 Å². The number of sulfonamides is 1. The average Bonchev–Trinajstić information content (AvgIpc) is 2.59. The smallest absolute Gasteiger partial charge is 0.335 e. The number of carbonyl (C=O) groups is 1. The Morgan fingerprint density at radius 1 is 1.24 bits per heavy atom. The molecule has 0 saturated heterocycles. The molecule has 0 amide bonds. The number of rotatable bonds is 5. The van der Waals surface area contributed by atoms with Gasteiger partial charge in [-0.15, -0.1) is 0 Å². The van der Waals surface area contributed by atoms with Gasteiger partial charge in [0.2, 0.25) is 10.0 Å². The number of para-hydroxylation sites is 2.